The van der Waals surface area contributed by atoms with E-state index in [-0.39, 0.29) is 5.91 Å². The lowest BCUT2D eigenvalue weighted by atomic mass is 10.2. The predicted octanol–water partition coefficient (Wildman–Crippen LogP) is 1.69. The van der Waals surface area contributed by atoms with E-state index >= 15 is 0 Å². The number of benzene rings is 1. The molecule has 1 rings (SSSR count). The van der Waals surface area contributed by atoms with E-state index in [1.165, 1.54) is 0 Å². The Bertz CT molecular complexity index is 400. The number of hydrogen-bond acceptors (Lipinski definition) is 4. The molecule has 20 heavy (non-hydrogen) atoms. The van der Waals surface area contributed by atoms with Crippen molar-refractivity contribution in [3.05, 3.63) is 24.3 Å². The zero-order valence-electron chi connectivity index (χ0n) is 12.6. The first-order valence-corrected chi connectivity index (χ1v) is 7.08. The summed E-state index contributed by atoms with van der Waals surface area (Å²) in [6.45, 7) is 9.56. The summed E-state index contributed by atoms with van der Waals surface area (Å²) in [6, 6.07) is 6.80. The first-order chi connectivity index (χ1) is 9.56. The Morgan fingerprint density at radius 1 is 1.30 bits per heavy atom. The van der Waals surface area contributed by atoms with E-state index < -0.39 is 6.04 Å². The Labute approximate surface area is 121 Å². The van der Waals surface area contributed by atoms with Gasteiger partial charge in [-0.25, -0.2) is 0 Å². The van der Waals surface area contributed by atoms with Gasteiger partial charge in [0.25, 0.3) is 0 Å². The highest BCUT2D eigenvalue weighted by atomic mass is 16.5. The minimum atomic E-state index is -0.514. The number of anilines is 1. The second-order valence-corrected chi connectivity index (χ2v) is 4.68. The lowest BCUT2D eigenvalue weighted by Crippen LogP contribution is -2.32. The second kappa shape index (κ2) is 8.55. The smallest absolute Gasteiger partial charge is 0.240 e. The zero-order chi connectivity index (χ0) is 15.0. The standard InChI is InChI=1S/C15H25N3O2/c1-4-18(5-2)10-11-20-14-8-6-13(7-9-14)17-15(19)12(3)16/h6-9,12H,4-5,10-11,16H2,1-3H3,(H,17,19). The number of carbonyl (C=O) groups is 1. The van der Waals surface area contributed by atoms with Crippen molar-refractivity contribution in [2.24, 2.45) is 5.73 Å². The topological polar surface area (TPSA) is 67.6 Å². The van der Waals surface area contributed by atoms with E-state index in [4.69, 9.17) is 10.5 Å². The molecule has 112 valence electrons. The SMILES string of the molecule is CCN(CC)CCOc1ccc(NC(=O)C(C)N)cc1. The number of nitrogens with two attached hydrogens (primary N) is 1. The van der Waals surface area contributed by atoms with E-state index in [1.54, 1.807) is 6.92 Å². The molecule has 5 heteroatoms. The number of nitrogens with one attached hydrogen (secondary N) is 1. The van der Waals surface area contributed by atoms with E-state index in [2.05, 4.69) is 24.1 Å². The van der Waals surface area contributed by atoms with Crippen molar-refractivity contribution in [3.8, 4) is 5.75 Å². The van der Waals surface area contributed by atoms with E-state index in [9.17, 15) is 4.79 Å². The van der Waals surface area contributed by atoms with Crippen molar-refractivity contribution < 1.29 is 9.53 Å². The van der Waals surface area contributed by atoms with Crippen LogP contribution in [-0.4, -0.2) is 43.1 Å². The van der Waals surface area contributed by atoms with E-state index in [1.807, 2.05) is 24.3 Å². The van der Waals surface area contributed by atoms with Crippen LogP contribution in [0.2, 0.25) is 0 Å². The molecular weight excluding hydrogens is 254 g/mol. The largest absolute Gasteiger partial charge is 0.492 e. The molecule has 1 atom stereocenters. The quantitative estimate of drug-likeness (QED) is 0.760. The van der Waals surface area contributed by atoms with Crippen molar-refractivity contribution in [2.75, 3.05) is 31.6 Å². The highest BCUT2D eigenvalue weighted by Crippen LogP contribution is 2.15. The molecule has 1 aromatic carbocycles. The molecule has 0 spiro atoms. The van der Waals surface area contributed by atoms with Gasteiger partial charge in [0, 0.05) is 12.2 Å². The molecular formula is C15H25N3O2. The Balaban J connectivity index is 2.41. The fourth-order valence-corrected chi connectivity index (χ4v) is 1.72. The van der Waals surface area contributed by atoms with Crippen molar-refractivity contribution >= 4 is 11.6 Å². The van der Waals surface area contributed by atoms with E-state index in [0.29, 0.717) is 6.61 Å². The van der Waals surface area contributed by atoms with Gasteiger partial charge >= 0.3 is 0 Å². The molecule has 1 unspecified atom stereocenters. The third kappa shape index (κ3) is 5.59. The number of ether oxygens (including phenoxy) is 1. The van der Waals surface area contributed by atoms with Crippen LogP contribution in [0.5, 0.6) is 5.75 Å². The number of carbonyl (C=O) groups excluding carboxylic acids is 1. The summed E-state index contributed by atoms with van der Waals surface area (Å²) in [4.78, 5) is 13.7. The third-order valence-corrected chi connectivity index (χ3v) is 3.11. The molecule has 0 radical (unpaired) electrons. The van der Waals surface area contributed by atoms with Crippen LogP contribution in [0, 0.1) is 0 Å². The summed E-state index contributed by atoms with van der Waals surface area (Å²) in [7, 11) is 0. The van der Waals surface area contributed by atoms with Crippen LogP contribution in [-0.2, 0) is 4.79 Å². The van der Waals surface area contributed by atoms with Gasteiger partial charge in [-0.1, -0.05) is 13.8 Å². The van der Waals surface area contributed by atoms with Crippen LogP contribution >= 0.6 is 0 Å². The van der Waals surface area contributed by atoms with Crippen LogP contribution in [0.15, 0.2) is 24.3 Å². The third-order valence-electron chi connectivity index (χ3n) is 3.11. The van der Waals surface area contributed by atoms with Crippen LogP contribution in [0.1, 0.15) is 20.8 Å². The summed E-state index contributed by atoms with van der Waals surface area (Å²) in [5.74, 6) is 0.608. The Morgan fingerprint density at radius 3 is 2.40 bits per heavy atom. The molecule has 0 aliphatic rings. The van der Waals surface area contributed by atoms with Crippen molar-refractivity contribution in [2.45, 2.75) is 26.8 Å². The van der Waals surface area contributed by atoms with Crippen molar-refractivity contribution in [1.29, 1.82) is 0 Å². The molecule has 3 N–H and O–H groups in total. The molecule has 0 aliphatic heterocycles. The van der Waals surface area contributed by atoms with Crippen molar-refractivity contribution in [3.63, 3.8) is 0 Å². The fourth-order valence-electron chi connectivity index (χ4n) is 1.72. The van der Waals surface area contributed by atoms with Gasteiger partial charge in [0.15, 0.2) is 0 Å². The second-order valence-electron chi connectivity index (χ2n) is 4.68. The van der Waals surface area contributed by atoms with Gasteiger partial charge in [0.2, 0.25) is 5.91 Å². The predicted molar refractivity (Wildman–Crippen MR) is 82.0 cm³/mol. The van der Waals surface area contributed by atoms with Gasteiger partial charge in [0.1, 0.15) is 12.4 Å². The molecule has 0 aliphatic carbocycles. The summed E-state index contributed by atoms with van der Waals surface area (Å²) in [5.41, 5.74) is 6.22. The van der Waals surface area contributed by atoms with Gasteiger partial charge in [-0.15, -0.1) is 0 Å². The number of rotatable bonds is 8. The first kappa shape index (κ1) is 16.5. The normalized spacial score (nSPS) is 12.2. The molecule has 0 bridgehead atoms. The van der Waals surface area contributed by atoms with Crippen molar-refractivity contribution in [1.82, 2.24) is 4.90 Å². The summed E-state index contributed by atoms with van der Waals surface area (Å²) >= 11 is 0. The fraction of sp³-hybridized carbons (Fsp3) is 0.533. The number of hydrogen-bond donors (Lipinski definition) is 2. The van der Waals surface area contributed by atoms with Gasteiger partial charge in [-0.2, -0.15) is 0 Å². The maximum atomic E-state index is 11.4. The highest BCUT2D eigenvalue weighted by Gasteiger charge is 2.07. The number of nitrogens with zero attached hydrogens (tertiary/aromatic N) is 1. The molecule has 0 saturated carbocycles. The van der Waals surface area contributed by atoms with Gasteiger partial charge in [0.05, 0.1) is 6.04 Å². The maximum absolute atomic E-state index is 11.4. The molecule has 1 aromatic rings. The Morgan fingerprint density at radius 2 is 1.90 bits per heavy atom. The van der Waals surface area contributed by atoms with Crippen LogP contribution in [0.25, 0.3) is 0 Å². The highest BCUT2D eigenvalue weighted by molar-refractivity contribution is 5.94. The van der Waals surface area contributed by atoms with Gasteiger partial charge in [-0.3, -0.25) is 4.79 Å². The summed E-state index contributed by atoms with van der Waals surface area (Å²) in [6.07, 6.45) is 0. The van der Waals surface area contributed by atoms with Crippen LogP contribution in [0.4, 0.5) is 5.69 Å². The minimum absolute atomic E-state index is 0.194. The summed E-state index contributed by atoms with van der Waals surface area (Å²) in [5, 5.41) is 2.73. The van der Waals surface area contributed by atoms with Gasteiger partial charge in [-0.05, 0) is 44.3 Å². The molecule has 5 nitrogen and oxygen atoms in total. The van der Waals surface area contributed by atoms with Crippen LogP contribution in [0.3, 0.4) is 0 Å². The maximum Gasteiger partial charge on any atom is 0.240 e. The average molecular weight is 279 g/mol. The average Bonchev–Trinajstić information content (AvgIpc) is 2.45. The summed E-state index contributed by atoms with van der Waals surface area (Å²) < 4.78 is 5.67. The Kier molecular flexibility index (Phi) is 7.04. The molecule has 0 aromatic heterocycles. The van der Waals surface area contributed by atoms with Crippen LogP contribution < -0.4 is 15.8 Å². The molecule has 0 fully saturated rings. The van der Waals surface area contributed by atoms with Gasteiger partial charge < -0.3 is 20.7 Å². The lowest BCUT2D eigenvalue weighted by molar-refractivity contribution is -0.117. The molecule has 1 amide bonds. The first-order valence-electron chi connectivity index (χ1n) is 7.08. The molecule has 0 heterocycles. The minimum Gasteiger partial charge on any atom is -0.492 e. The van der Waals surface area contributed by atoms with E-state index in [0.717, 1.165) is 31.1 Å². The lowest BCUT2D eigenvalue weighted by Gasteiger charge is -2.18. The number of amides is 1. The Hall–Kier alpha value is -1.59. The zero-order valence-corrected chi connectivity index (χ0v) is 12.6. The molecule has 0 saturated heterocycles. The number of likely N-dealkylation sites (N-methyl/N-ethyl adjacent to an activating group) is 1. The monoisotopic (exact) mass is 279 g/mol.